The van der Waals surface area contributed by atoms with E-state index in [-0.39, 0.29) is 23.0 Å². The molecule has 2 amide bonds. The third-order valence-electron chi connectivity index (χ3n) is 6.18. The molecule has 10 heteroatoms. The summed E-state index contributed by atoms with van der Waals surface area (Å²) >= 11 is 0. The molecule has 0 aromatic heterocycles. The van der Waals surface area contributed by atoms with E-state index >= 15 is 0 Å². The molecule has 0 saturated carbocycles. The summed E-state index contributed by atoms with van der Waals surface area (Å²) in [6, 6.07) is 20.8. The van der Waals surface area contributed by atoms with Gasteiger partial charge in [-0.2, -0.15) is 0 Å². The van der Waals surface area contributed by atoms with Gasteiger partial charge in [-0.05, 0) is 55.3 Å². The SMILES string of the molecule is CCNC(=O)[C@H](CC)N(Cc1cccc(OC)c1)C(=O)CN(c1cccc(OC)c1)S(=O)(=O)c1ccccc1. The largest absolute Gasteiger partial charge is 0.497 e. The second-order valence-electron chi connectivity index (χ2n) is 8.72. The molecule has 39 heavy (non-hydrogen) atoms. The summed E-state index contributed by atoms with van der Waals surface area (Å²) in [6.07, 6.45) is 0.339. The quantitative estimate of drug-likeness (QED) is 0.345. The lowest BCUT2D eigenvalue weighted by Gasteiger charge is -2.33. The van der Waals surface area contributed by atoms with Crippen molar-refractivity contribution in [2.24, 2.45) is 0 Å². The maximum absolute atomic E-state index is 14.0. The van der Waals surface area contributed by atoms with Crippen molar-refractivity contribution in [3.05, 3.63) is 84.4 Å². The minimum Gasteiger partial charge on any atom is -0.497 e. The molecular weight excluding hydrogens is 518 g/mol. The van der Waals surface area contributed by atoms with E-state index in [9.17, 15) is 18.0 Å². The molecule has 0 bridgehead atoms. The average molecular weight is 554 g/mol. The predicted octanol–water partition coefficient (Wildman–Crippen LogP) is 3.84. The van der Waals surface area contributed by atoms with Crippen LogP contribution < -0.4 is 19.1 Å². The van der Waals surface area contributed by atoms with Gasteiger partial charge in [0.05, 0.1) is 24.8 Å². The lowest BCUT2D eigenvalue weighted by atomic mass is 10.1. The summed E-state index contributed by atoms with van der Waals surface area (Å²) < 4.78 is 39.3. The number of benzene rings is 3. The zero-order chi connectivity index (χ0) is 28.4. The Morgan fingerprint density at radius 3 is 2.13 bits per heavy atom. The van der Waals surface area contributed by atoms with Crippen LogP contribution in [0.3, 0.4) is 0 Å². The number of likely N-dealkylation sites (N-methyl/N-ethyl adjacent to an activating group) is 1. The van der Waals surface area contributed by atoms with Crippen LogP contribution >= 0.6 is 0 Å². The van der Waals surface area contributed by atoms with Crippen molar-refractivity contribution >= 4 is 27.5 Å². The van der Waals surface area contributed by atoms with Gasteiger partial charge in [-0.15, -0.1) is 0 Å². The summed E-state index contributed by atoms with van der Waals surface area (Å²) in [5, 5.41) is 2.79. The standard InChI is InChI=1S/C29H35N3O6S/c1-5-27(29(34)30-6-2)31(20-22-12-10-14-24(18-22)37-3)28(33)21-32(23-13-11-15-25(19-23)38-4)39(35,36)26-16-8-7-9-17-26/h7-19,27H,5-6,20-21H2,1-4H3,(H,30,34)/t27-/m0/s1. The normalized spacial score (nSPS) is 11.8. The zero-order valence-corrected chi connectivity index (χ0v) is 23.5. The molecule has 0 fully saturated rings. The number of rotatable bonds is 13. The van der Waals surface area contributed by atoms with Crippen LogP contribution in [0.25, 0.3) is 0 Å². The van der Waals surface area contributed by atoms with Gasteiger partial charge < -0.3 is 19.7 Å². The molecule has 0 radical (unpaired) electrons. The number of nitrogens with one attached hydrogen (secondary N) is 1. The monoisotopic (exact) mass is 553 g/mol. The number of ether oxygens (including phenoxy) is 2. The van der Waals surface area contributed by atoms with Gasteiger partial charge in [-0.25, -0.2) is 8.42 Å². The van der Waals surface area contributed by atoms with Crippen LogP contribution in [0.4, 0.5) is 5.69 Å². The van der Waals surface area contributed by atoms with E-state index in [2.05, 4.69) is 5.32 Å². The zero-order valence-electron chi connectivity index (χ0n) is 22.7. The number of carbonyl (C=O) groups excluding carboxylic acids is 2. The Labute approximate surface area is 230 Å². The van der Waals surface area contributed by atoms with E-state index in [0.717, 1.165) is 9.87 Å². The maximum Gasteiger partial charge on any atom is 0.264 e. The second-order valence-corrected chi connectivity index (χ2v) is 10.6. The van der Waals surface area contributed by atoms with Gasteiger partial charge in [-0.1, -0.05) is 43.3 Å². The van der Waals surface area contributed by atoms with Crippen LogP contribution in [0.1, 0.15) is 25.8 Å². The molecule has 1 atom stereocenters. The van der Waals surface area contributed by atoms with Gasteiger partial charge in [0.1, 0.15) is 24.1 Å². The van der Waals surface area contributed by atoms with E-state index in [4.69, 9.17) is 9.47 Å². The van der Waals surface area contributed by atoms with Crippen molar-refractivity contribution in [2.75, 3.05) is 31.6 Å². The first-order chi connectivity index (χ1) is 18.7. The molecule has 0 saturated heterocycles. The van der Waals surface area contributed by atoms with Gasteiger partial charge in [0.2, 0.25) is 11.8 Å². The van der Waals surface area contributed by atoms with E-state index in [1.54, 1.807) is 74.7 Å². The fourth-order valence-electron chi connectivity index (χ4n) is 4.19. The smallest absolute Gasteiger partial charge is 0.264 e. The first-order valence-electron chi connectivity index (χ1n) is 12.7. The van der Waals surface area contributed by atoms with Crippen molar-refractivity contribution in [2.45, 2.75) is 37.8 Å². The summed E-state index contributed by atoms with van der Waals surface area (Å²) in [6.45, 7) is 3.57. The molecule has 0 aliphatic rings. The molecule has 0 aliphatic carbocycles. The minimum atomic E-state index is -4.14. The lowest BCUT2D eigenvalue weighted by Crippen LogP contribution is -2.52. The molecular formula is C29H35N3O6S. The molecule has 0 unspecified atom stereocenters. The Morgan fingerprint density at radius 2 is 1.51 bits per heavy atom. The van der Waals surface area contributed by atoms with Gasteiger partial charge in [0, 0.05) is 19.2 Å². The number of anilines is 1. The average Bonchev–Trinajstić information content (AvgIpc) is 2.96. The predicted molar refractivity (Wildman–Crippen MR) is 150 cm³/mol. The number of carbonyl (C=O) groups is 2. The number of hydrogen-bond acceptors (Lipinski definition) is 6. The topological polar surface area (TPSA) is 105 Å². The summed E-state index contributed by atoms with van der Waals surface area (Å²) in [4.78, 5) is 28.5. The Bertz CT molecular complexity index is 1360. The highest BCUT2D eigenvalue weighted by atomic mass is 32.2. The van der Waals surface area contributed by atoms with Gasteiger partial charge in [-0.3, -0.25) is 13.9 Å². The highest BCUT2D eigenvalue weighted by Crippen LogP contribution is 2.28. The van der Waals surface area contributed by atoms with Gasteiger partial charge >= 0.3 is 0 Å². The Balaban J connectivity index is 2.07. The summed E-state index contributed by atoms with van der Waals surface area (Å²) in [5.74, 6) is 0.208. The second kappa shape index (κ2) is 13.7. The molecule has 3 aromatic rings. The lowest BCUT2D eigenvalue weighted by molar-refractivity contribution is -0.140. The summed E-state index contributed by atoms with van der Waals surface area (Å²) in [7, 11) is -1.12. The Hall–Kier alpha value is -4.05. The summed E-state index contributed by atoms with van der Waals surface area (Å²) in [5.41, 5.74) is 1.00. The van der Waals surface area contributed by atoms with Crippen LogP contribution in [0, 0.1) is 0 Å². The molecule has 9 nitrogen and oxygen atoms in total. The van der Waals surface area contributed by atoms with E-state index < -0.39 is 28.5 Å². The van der Waals surface area contributed by atoms with Crippen molar-refractivity contribution in [3.8, 4) is 11.5 Å². The molecule has 208 valence electrons. The van der Waals surface area contributed by atoms with Crippen molar-refractivity contribution < 1.29 is 27.5 Å². The van der Waals surface area contributed by atoms with Crippen molar-refractivity contribution in [1.82, 2.24) is 10.2 Å². The maximum atomic E-state index is 14.0. The number of hydrogen-bond donors (Lipinski definition) is 1. The Morgan fingerprint density at radius 1 is 0.872 bits per heavy atom. The van der Waals surface area contributed by atoms with Crippen LogP contribution in [0.15, 0.2) is 83.8 Å². The van der Waals surface area contributed by atoms with Crippen molar-refractivity contribution in [1.29, 1.82) is 0 Å². The number of amides is 2. The molecule has 1 N–H and O–H groups in total. The van der Waals surface area contributed by atoms with Gasteiger partial charge in [0.15, 0.2) is 0 Å². The third-order valence-corrected chi connectivity index (χ3v) is 7.96. The first-order valence-corrected chi connectivity index (χ1v) is 14.1. The molecule has 3 aromatic carbocycles. The number of methoxy groups -OCH3 is 2. The first kappa shape index (κ1) is 29.5. The van der Waals surface area contributed by atoms with E-state index in [1.165, 1.54) is 24.1 Å². The fraction of sp³-hybridized carbons (Fsp3) is 0.310. The van der Waals surface area contributed by atoms with Crippen molar-refractivity contribution in [3.63, 3.8) is 0 Å². The Kier molecular flexibility index (Phi) is 10.3. The molecule has 0 spiro atoms. The van der Waals surface area contributed by atoms with E-state index in [1.807, 2.05) is 13.0 Å². The molecule has 0 aliphatic heterocycles. The van der Waals surface area contributed by atoms with Crippen LogP contribution in [-0.4, -0.2) is 58.5 Å². The highest BCUT2D eigenvalue weighted by Gasteiger charge is 2.33. The third kappa shape index (κ3) is 7.29. The molecule has 3 rings (SSSR count). The molecule has 0 heterocycles. The van der Waals surface area contributed by atoms with Gasteiger partial charge in [0.25, 0.3) is 10.0 Å². The van der Waals surface area contributed by atoms with Crippen LogP contribution in [-0.2, 0) is 26.2 Å². The van der Waals surface area contributed by atoms with Crippen LogP contribution in [0.2, 0.25) is 0 Å². The minimum absolute atomic E-state index is 0.0377. The fourth-order valence-corrected chi connectivity index (χ4v) is 5.62. The van der Waals surface area contributed by atoms with Crippen LogP contribution in [0.5, 0.6) is 11.5 Å². The number of nitrogens with zero attached hydrogens (tertiary/aromatic N) is 2. The van der Waals surface area contributed by atoms with E-state index in [0.29, 0.717) is 24.5 Å². The number of sulfonamides is 1. The highest BCUT2D eigenvalue weighted by molar-refractivity contribution is 7.92.